The van der Waals surface area contributed by atoms with Crippen LogP contribution in [0.1, 0.15) is 24.1 Å². The van der Waals surface area contributed by atoms with Gasteiger partial charge in [0.15, 0.2) is 0 Å². The lowest BCUT2D eigenvalue weighted by atomic mass is 10.0. The van der Waals surface area contributed by atoms with Gasteiger partial charge in [-0.25, -0.2) is 0 Å². The van der Waals surface area contributed by atoms with Crippen LogP contribution in [0.2, 0.25) is 0 Å². The highest BCUT2D eigenvalue weighted by Gasteiger charge is 2.13. The predicted octanol–water partition coefficient (Wildman–Crippen LogP) is 2.82. The molecule has 0 fully saturated rings. The highest BCUT2D eigenvalue weighted by atomic mass is 127. The zero-order valence-corrected chi connectivity index (χ0v) is 12.2. The quantitative estimate of drug-likeness (QED) is 0.867. The molecule has 0 saturated heterocycles. The van der Waals surface area contributed by atoms with Crippen molar-refractivity contribution < 1.29 is 0 Å². The highest BCUT2D eigenvalue weighted by molar-refractivity contribution is 14.1. The van der Waals surface area contributed by atoms with Gasteiger partial charge in [-0.1, -0.05) is 12.1 Å². The molecule has 4 heteroatoms. The SMILES string of the molecule is CCn1cc(C(NC)c2ccc(I)cc2)cn1. The number of hydrogen-bond donors (Lipinski definition) is 1. The number of hydrogen-bond acceptors (Lipinski definition) is 2. The van der Waals surface area contributed by atoms with Crippen molar-refractivity contribution in [3.8, 4) is 0 Å². The molecule has 1 aromatic carbocycles. The number of halogens is 1. The van der Waals surface area contributed by atoms with Gasteiger partial charge in [0.25, 0.3) is 0 Å². The van der Waals surface area contributed by atoms with E-state index in [4.69, 9.17) is 0 Å². The Bertz CT molecular complexity index is 476. The molecule has 0 spiro atoms. The Morgan fingerprint density at radius 1 is 1.29 bits per heavy atom. The summed E-state index contributed by atoms with van der Waals surface area (Å²) in [4.78, 5) is 0. The van der Waals surface area contributed by atoms with Crippen LogP contribution in [0.15, 0.2) is 36.7 Å². The second-order valence-corrected chi connectivity index (χ2v) is 5.15. The molecule has 1 heterocycles. The summed E-state index contributed by atoms with van der Waals surface area (Å²) in [5, 5.41) is 7.66. The van der Waals surface area contributed by atoms with Gasteiger partial charge in [0.1, 0.15) is 0 Å². The number of aromatic nitrogens is 2. The highest BCUT2D eigenvalue weighted by Crippen LogP contribution is 2.21. The third-order valence-corrected chi connectivity index (χ3v) is 3.52. The van der Waals surface area contributed by atoms with Crippen molar-refractivity contribution in [1.82, 2.24) is 15.1 Å². The van der Waals surface area contributed by atoms with E-state index in [9.17, 15) is 0 Å². The summed E-state index contributed by atoms with van der Waals surface area (Å²) in [6, 6.07) is 8.79. The number of rotatable bonds is 4. The summed E-state index contributed by atoms with van der Waals surface area (Å²) in [6.07, 6.45) is 4.03. The smallest absolute Gasteiger partial charge is 0.0605 e. The Balaban J connectivity index is 2.29. The molecular formula is C13H16IN3. The molecule has 1 N–H and O–H groups in total. The Hall–Kier alpha value is -0.880. The van der Waals surface area contributed by atoms with Crippen molar-refractivity contribution in [1.29, 1.82) is 0 Å². The van der Waals surface area contributed by atoms with E-state index in [1.165, 1.54) is 14.7 Å². The van der Waals surface area contributed by atoms with Crippen molar-refractivity contribution >= 4 is 22.6 Å². The monoisotopic (exact) mass is 341 g/mol. The van der Waals surface area contributed by atoms with E-state index in [1.807, 2.05) is 17.9 Å². The van der Waals surface area contributed by atoms with Gasteiger partial charge in [-0.3, -0.25) is 4.68 Å². The van der Waals surface area contributed by atoms with Gasteiger partial charge in [0.05, 0.1) is 12.2 Å². The van der Waals surface area contributed by atoms with Crippen LogP contribution >= 0.6 is 22.6 Å². The van der Waals surface area contributed by atoms with Crippen molar-refractivity contribution in [3.63, 3.8) is 0 Å². The summed E-state index contributed by atoms with van der Waals surface area (Å²) in [6.45, 7) is 3.00. The minimum absolute atomic E-state index is 0.215. The van der Waals surface area contributed by atoms with Crippen LogP contribution in [-0.4, -0.2) is 16.8 Å². The van der Waals surface area contributed by atoms with E-state index in [1.54, 1.807) is 0 Å². The first-order valence-electron chi connectivity index (χ1n) is 5.69. The molecule has 0 amide bonds. The standard InChI is InChI=1S/C13H16IN3/c1-3-17-9-11(8-16-17)13(15-2)10-4-6-12(14)7-5-10/h4-9,13,15H,3H2,1-2H3. The zero-order valence-electron chi connectivity index (χ0n) is 10.0. The zero-order chi connectivity index (χ0) is 12.3. The van der Waals surface area contributed by atoms with Crippen LogP contribution in [0.5, 0.6) is 0 Å². The van der Waals surface area contributed by atoms with Crippen LogP contribution < -0.4 is 5.32 Å². The number of aryl methyl sites for hydroxylation is 1. The van der Waals surface area contributed by atoms with Crippen molar-refractivity contribution in [2.24, 2.45) is 0 Å². The van der Waals surface area contributed by atoms with Gasteiger partial charge in [0, 0.05) is 21.9 Å². The predicted molar refractivity (Wildman–Crippen MR) is 78.0 cm³/mol. The van der Waals surface area contributed by atoms with Crippen molar-refractivity contribution in [3.05, 3.63) is 51.4 Å². The summed E-state index contributed by atoms with van der Waals surface area (Å²) in [5.74, 6) is 0. The van der Waals surface area contributed by atoms with E-state index in [0.717, 1.165) is 6.54 Å². The largest absolute Gasteiger partial charge is 0.309 e. The minimum Gasteiger partial charge on any atom is -0.309 e. The Kier molecular flexibility index (Phi) is 4.17. The molecule has 0 saturated carbocycles. The van der Waals surface area contributed by atoms with Gasteiger partial charge >= 0.3 is 0 Å². The second kappa shape index (κ2) is 5.64. The number of benzene rings is 1. The fourth-order valence-electron chi connectivity index (χ4n) is 1.88. The molecular weight excluding hydrogens is 325 g/mol. The average Bonchev–Trinajstić information content (AvgIpc) is 2.81. The van der Waals surface area contributed by atoms with Gasteiger partial charge < -0.3 is 5.32 Å². The maximum absolute atomic E-state index is 4.32. The fourth-order valence-corrected chi connectivity index (χ4v) is 2.24. The molecule has 1 unspecified atom stereocenters. The third kappa shape index (κ3) is 2.87. The molecule has 0 radical (unpaired) electrons. The lowest BCUT2D eigenvalue weighted by Crippen LogP contribution is -2.17. The first-order chi connectivity index (χ1) is 8.24. The van der Waals surface area contributed by atoms with Crippen LogP contribution in [-0.2, 0) is 6.54 Å². The van der Waals surface area contributed by atoms with Gasteiger partial charge in [-0.15, -0.1) is 0 Å². The van der Waals surface area contributed by atoms with Gasteiger partial charge in [-0.2, -0.15) is 5.10 Å². The summed E-state index contributed by atoms with van der Waals surface area (Å²) in [7, 11) is 1.98. The fraction of sp³-hybridized carbons (Fsp3) is 0.308. The van der Waals surface area contributed by atoms with Crippen LogP contribution in [0.25, 0.3) is 0 Å². The van der Waals surface area contributed by atoms with Crippen LogP contribution in [0.3, 0.4) is 0 Å². The van der Waals surface area contributed by atoms with E-state index in [-0.39, 0.29) is 6.04 Å². The lowest BCUT2D eigenvalue weighted by Gasteiger charge is -2.14. The first-order valence-corrected chi connectivity index (χ1v) is 6.77. The average molecular weight is 341 g/mol. The molecule has 0 bridgehead atoms. The Labute approximate surface area is 115 Å². The molecule has 1 aromatic heterocycles. The number of nitrogens with one attached hydrogen (secondary N) is 1. The third-order valence-electron chi connectivity index (χ3n) is 2.80. The normalized spacial score (nSPS) is 12.6. The first kappa shape index (κ1) is 12.6. The maximum atomic E-state index is 4.32. The van der Waals surface area contributed by atoms with E-state index in [0.29, 0.717) is 0 Å². The molecule has 90 valence electrons. The molecule has 0 aliphatic rings. The summed E-state index contributed by atoms with van der Waals surface area (Å²) >= 11 is 2.32. The number of nitrogens with zero attached hydrogens (tertiary/aromatic N) is 2. The molecule has 0 aliphatic heterocycles. The molecule has 1 atom stereocenters. The van der Waals surface area contributed by atoms with E-state index >= 15 is 0 Å². The van der Waals surface area contributed by atoms with Gasteiger partial charge in [-0.05, 0) is 54.3 Å². The Morgan fingerprint density at radius 3 is 2.53 bits per heavy atom. The van der Waals surface area contributed by atoms with Gasteiger partial charge in [0.2, 0.25) is 0 Å². The van der Waals surface area contributed by atoms with E-state index in [2.05, 4.69) is 70.4 Å². The van der Waals surface area contributed by atoms with Crippen LogP contribution in [0.4, 0.5) is 0 Å². The van der Waals surface area contributed by atoms with Crippen molar-refractivity contribution in [2.75, 3.05) is 7.05 Å². The summed E-state index contributed by atoms with van der Waals surface area (Å²) < 4.78 is 3.21. The summed E-state index contributed by atoms with van der Waals surface area (Å²) in [5.41, 5.74) is 2.47. The molecule has 2 rings (SSSR count). The molecule has 3 nitrogen and oxygen atoms in total. The maximum Gasteiger partial charge on any atom is 0.0605 e. The molecule has 2 aromatic rings. The lowest BCUT2D eigenvalue weighted by molar-refractivity contribution is 0.653. The van der Waals surface area contributed by atoms with E-state index < -0.39 is 0 Å². The molecule has 17 heavy (non-hydrogen) atoms. The Morgan fingerprint density at radius 2 is 2.00 bits per heavy atom. The topological polar surface area (TPSA) is 29.9 Å². The van der Waals surface area contributed by atoms with Crippen molar-refractivity contribution in [2.45, 2.75) is 19.5 Å². The minimum atomic E-state index is 0.215. The van der Waals surface area contributed by atoms with Crippen LogP contribution in [0, 0.1) is 3.57 Å². The second-order valence-electron chi connectivity index (χ2n) is 3.90. The molecule has 0 aliphatic carbocycles.